The molecule has 1 saturated heterocycles. The summed E-state index contributed by atoms with van der Waals surface area (Å²) in [4.78, 5) is 25.7. The second kappa shape index (κ2) is 6.48. The van der Waals surface area contributed by atoms with E-state index in [-0.39, 0.29) is 23.8 Å². The number of benzene rings is 1. The Kier molecular flexibility index (Phi) is 4.43. The van der Waals surface area contributed by atoms with Crippen molar-refractivity contribution in [1.82, 2.24) is 5.32 Å². The lowest BCUT2D eigenvalue weighted by atomic mass is 10.1. The van der Waals surface area contributed by atoms with Gasteiger partial charge in [-0.1, -0.05) is 12.1 Å². The molecule has 2 unspecified atom stereocenters. The van der Waals surface area contributed by atoms with Crippen LogP contribution in [0.2, 0.25) is 0 Å². The Morgan fingerprint density at radius 2 is 2.23 bits per heavy atom. The van der Waals surface area contributed by atoms with Crippen LogP contribution in [0.4, 0.5) is 5.69 Å². The summed E-state index contributed by atoms with van der Waals surface area (Å²) >= 11 is 0. The van der Waals surface area contributed by atoms with Crippen LogP contribution in [0.3, 0.4) is 0 Å². The molecule has 1 aliphatic heterocycles. The van der Waals surface area contributed by atoms with Crippen LogP contribution >= 0.6 is 0 Å². The molecular formula is C17H23N3O2. The van der Waals surface area contributed by atoms with Crippen molar-refractivity contribution in [2.75, 3.05) is 11.4 Å². The van der Waals surface area contributed by atoms with Gasteiger partial charge in [0, 0.05) is 37.2 Å². The van der Waals surface area contributed by atoms with Crippen molar-refractivity contribution in [2.45, 2.75) is 44.7 Å². The third-order valence-corrected chi connectivity index (χ3v) is 4.61. The monoisotopic (exact) mass is 301 g/mol. The Hall–Kier alpha value is -1.88. The molecule has 3 rings (SSSR count). The molecule has 0 bridgehead atoms. The average molecular weight is 301 g/mol. The van der Waals surface area contributed by atoms with Gasteiger partial charge in [0.2, 0.25) is 11.8 Å². The molecule has 1 aromatic carbocycles. The second-order valence-corrected chi connectivity index (χ2v) is 6.31. The van der Waals surface area contributed by atoms with Crippen LogP contribution in [-0.2, 0) is 16.1 Å². The molecule has 118 valence electrons. The number of carbonyl (C=O) groups excluding carboxylic acids is 2. The van der Waals surface area contributed by atoms with Crippen LogP contribution < -0.4 is 16.0 Å². The van der Waals surface area contributed by atoms with E-state index in [1.807, 2.05) is 29.2 Å². The van der Waals surface area contributed by atoms with E-state index in [1.54, 1.807) is 0 Å². The molecule has 1 aliphatic carbocycles. The van der Waals surface area contributed by atoms with Crippen molar-refractivity contribution in [3.63, 3.8) is 0 Å². The van der Waals surface area contributed by atoms with Gasteiger partial charge in [-0.2, -0.15) is 0 Å². The number of nitrogens with one attached hydrogen (secondary N) is 1. The first-order valence-corrected chi connectivity index (χ1v) is 8.06. The van der Waals surface area contributed by atoms with Gasteiger partial charge in [-0.05, 0) is 43.4 Å². The van der Waals surface area contributed by atoms with Crippen LogP contribution in [0.5, 0.6) is 0 Å². The largest absolute Gasteiger partial charge is 0.352 e. The molecule has 22 heavy (non-hydrogen) atoms. The molecule has 0 spiro atoms. The summed E-state index contributed by atoms with van der Waals surface area (Å²) in [5.74, 6) is 0.329. The maximum Gasteiger partial charge on any atom is 0.227 e. The molecular weight excluding hydrogens is 278 g/mol. The Morgan fingerprint density at radius 1 is 1.36 bits per heavy atom. The van der Waals surface area contributed by atoms with E-state index in [0.717, 1.165) is 43.5 Å². The van der Waals surface area contributed by atoms with Gasteiger partial charge in [-0.25, -0.2) is 0 Å². The number of hydrogen-bond acceptors (Lipinski definition) is 3. The van der Waals surface area contributed by atoms with Crippen LogP contribution in [-0.4, -0.2) is 24.4 Å². The normalized spacial score (nSPS) is 24.8. The zero-order valence-electron chi connectivity index (χ0n) is 12.8. The first-order chi connectivity index (χ1) is 10.6. The minimum absolute atomic E-state index is 0.0540. The van der Waals surface area contributed by atoms with E-state index in [4.69, 9.17) is 5.73 Å². The minimum atomic E-state index is 0.0540. The lowest BCUT2D eigenvalue weighted by Gasteiger charge is -2.17. The first-order valence-electron chi connectivity index (χ1n) is 8.06. The quantitative estimate of drug-likeness (QED) is 0.886. The Labute approximate surface area is 130 Å². The van der Waals surface area contributed by atoms with E-state index in [1.165, 1.54) is 0 Å². The first kappa shape index (κ1) is 15.0. The van der Waals surface area contributed by atoms with Crippen molar-refractivity contribution in [3.05, 3.63) is 29.8 Å². The maximum atomic E-state index is 12.1. The molecule has 2 aliphatic rings. The zero-order valence-corrected chi connectivity index (χ0v) is 12.8. The molecule has 1 heterocycles. The summed E-state index contributed by atoms with van der Waals surface area (Å²) in [6.07, 6.45) is 4.15. The van der Waals surface area contributed by atoms with Crippen LogP contribution in [0.25, 0.3) is 0 Å². The lowest BCUT2D eigenvalue weighted by Crippen LogP contribution is -2.30. The third kappa shape index (κ3) is 3.30. The van der Waals surface area contributed by atoms with E-state index in [9.17, 15) is 9.59 Å². The molecule has 1 aromatic rings. The Bertz CT molecular complexity index is 573. The highest BCUT2D eigenvalue weighted by molar-refractivity contribution is 5.95. The molecule has 5 nitrogen and oxygen atoms in total. The fourth-order valence-corrected chi connectivity index (χ4v) is 3.34. The number of nitrogens with zero attached hydrogens (tertiary/aromatic N) is 1. The Balaban J connectivity index is 1.58. The highest BCUT2D eigenvalue weighted by Crippen LogP contribution is 2.25. The van der Waals surface area contributed by atoms with Gasteiger partial charge in [0.05, 0.1) is 0 Å². The topological polar surface area (TPSA) is 75.4 Å². The molecule has 0 radical (unpaired) electrons. The molecule has 1 saturated carbocycles. The number of nitrogens with two attached hydrogens (primary N) is 1. The summed E-state index contributed by atoms with van der Waals surface area (Å²) in [5.41, 5.74) is 7.80. The Morgan fingerprint density at radius 3 is 2.91 bits per heavy atom. The number of carbonyl (C=O) groups is 2. The van der Waals surface area contributed by atoms with Gasteiger partial charge in [-0.3, -0.25) is 9.59 Å². The standard InChI is InChI=1S/C17H23N3O2/c18-14-7-6-13(10-14)17(22)19-11-12-3-1-4-15(9-12)20-8-2-5-16(20)21/h1,3-4,9,13-14H,2,5-8,10-11,18H2,(H,19,22). The lowest BCUT2D eigenvalue weighted by molar-refractivity contribution is -0.125. The number of hydrogen-bond donors (Lipinski definition) is 2. The fourth-order valence-electron chi connectivity index (χ4n) is 3.34. The van der Waals surface area contributed by atoms with Gasteiger partial charge >= 0.3 is 0 Å². The van der Waals surface area contributed by atoms with Gasteiger partial charge in [0.1, 0.15) is 0 Å². The smallest absolute Gasteiger partial charge is 0.227 e. The van der Waals surface area contributed by atoms with Crippen molar-refractivity contribution in [3.8, 4) is 0 Å². The summed E-state index contributed by atoms with van der Waals surface area (Å²) in [7, 11) is 0. The highest BCUT2D eigenvalue weighted by Gasteiger charge is 2.27. The predicted octanol–water partition coefficient (Wildman–Crippen LogP) is 1.56. The number of amides is 2. The molecule has 5 heteroatoms. The highest BCUT2D eigenvalue weighted by atomic mass is 16.2. The number of anilines is 1. The van der Waals surface area contributed by atoms with Crippen LogP contribution in [0.15, 0.2) is 24.3 Å². The molecule has 3 N–H and O–H groups in total. The van der Waals surface area contributed by atoms with Crippen molar-refractivity contribution < 1.29 is 9.59 Å². The average Bonchev–Trinajstić information content (AvgIpc) is 3.13. The van der Waals surface area contributed by atoms with E-state index >= 15 is 0 Å². The molecule has 2 fully saturated rings. The SMILES string of the molecule is NC1CCC(C(=O)NCc2cccc(N3CCCC3=O)c2)C1. The summed E-state index contributed by atoms with van der Waals surface area (Å²) in [6, 6.07) is 8.02. The number of rotatable bonds is 4. The third-order valence-electron chi connectivity index (χ3n) is 4.61. The predicted molar refractivity (Wildman–Crippen MR) is 85.2 cm³/mol. The van der Waals surface area contributed by atoms with Crippen molar-refractivity contribution >= 4 is 17.5 Å². The van der Waals surface area contributed by atoms with Gasteiger partial charge in [0.15, 0.2) is 0 Å². The maximum absolute atomic E-state index is 12.1. The second-order valence-electron chi connectivity index (χ2n) is 6.31. The minimum Gasteiger partial charge on any atom is -0.352 e. The summed E-state index contributed by atoms with van der Waals surface area (Å²) < 4.78 is 0. The van der Waals surface area contributed by atoms with Crippen LogP contribution in [0, 0.1) is 5.92 Å². The van der Waals surface area contributed by atoms with Crippen LogP contribution in [0.1, 0.15) is 37.7 Å². The molecule has 2 atom stereocenters. The molecule has 0 aromatic heterocycles. The van der Waals surface area contributed by atoms with E-state index in [0.29, 0.717) is 13.0 Å². The van der Waals surface area contributed by atoms with E-state index in [2.05, 4.69) is 5.32 Å². The zero-order chi connectivity index (χ0) is 15.5. The van der Waals surface area contributed by atoms with E-state index < -0.39 is 0 Å². The summed E-state index contributed by atoms with van der Waals surface area (Å²) in [5, 5.41) is 2.99. The molecule has 2 amide bonds. The van der Waals surface area contributed by atoms with Crippen molar-refractivity contribution in [1.29, 1.82) is 0 Å². The summed E-state index contributed by atoms with van der Waals surface area (Å²) in [6.45, 7) is 1.29. The van der Waals surface area contributed by atoms with Gasteiger partial charge < -0.3 is 16.0 Å². The van der Waals surface area contributed by atoms with Gasteiger partial charge in [-0.15, -0.1) is 0 Å². The van der Waals surface area contributed by atoms with Crippen molar-refractivity contribution in [2.24, 2.45) is 11.7 Å². The van der Waals surface area contributed by atoms with Gasteiger partial charge in [0.25, 0.3) is 0 Å². The fraction of sp³-hybridized carbons (Fsp3) is 0.529.